The molecule has 1 amide bonds. The number of amides is 1. The van der Waals surface area contributed by atoms with Crippen molar-refractivity contribution in [3.05, 3.63) is 35.1 Å². The van der Waals surface area contributed by atoms with Gasteiger partial charge in [0.25, 0.3) is 0 Å². The Morgan fingerprint density at radius 2 is 1.96 bits per heavy atom. The highest BCUT2D eigenvalue weighted by Gasteiger charge is 2.44. The first-order valence-corrected chi connectivity index (χ1v) is 6.99. The van der Waals surface area contributed by atoms with Crippen molar-refractivity contribution in [2.24, 2.45) is 5.73 Å². The van der Waals surface area contributed by atoms with Gasteiger partial charge in [-0.15, -0.1) is 12.4 Å². The van der Waals surface area contributed by atoms with E-state index in [0.29, 0.717) is 16.0 Å². The van der Waals surface area contributed by atoms with Crippen LogP contribution in [0, 0.1) is 12.7 Å². The minimum atomic E-state index is -4.52. The lowest BCUT2D eigenvalue weighted by Crippen LogP contribution is -2.57. The van der Waals surface area contributed by atoms with Crippen molar-refractivity contribution in [2.45, 2.75) is 44.4 Å². The molecule has 2 rings (SSSR count). The van der Waals surface area contributed by atoms with Crippen LogP contribution in [-0.2, 0) is 4.79 Å². The number of carbonyl (C=O) groups is 1. The molecule has 0 aromatic heterocycles. The van der Waals surface area contributed by atoms with Gasteiger partial charge in [0.1, 0.15) is 12.4 Å². The fraction of sp³-hybridized carbons (Fsp3) is 0.533. The lowest BCUT2D eigenvalue weighted by molar-refractivity contribution is -0.170. The van der Waals surface area contributed by atoms with Crippen LogP contribution < -0.4 is 5.73 Å². The summed E-state index contributed by atoms with van der Waals surface area (Å²) in [7, 11) is 0. The van der Waals surface area contributed by atoms with E-state index in [1.165, 1.54) is 13.0 Å². The van der Waals surface area contributed by atoms with Gasteiger partial charge in [-0.3, -0.25) is 4.79 Å². The lowest BCUT2D eigenvalue weighted by atomic mass is 9.81. The number of rotatable bonds is 2. The van der Waals surface area contributed by atoms with Crippen LogP contribution in [0.5, 0.6) is 0 Å². The third-order valence-electron chi connectivity index (χ3n) is 4.15. The Kier molecular flexibility index (Phi) is 6.04. The van der Waals surface area contributed by atoms with E-state index in [1.54, 1.807) is 19.1 Å². The molecule has 1 aromatic rings. The first kappa shape index (κ1) is 19.7. The number of likely N-dealkylation sites (tertiary alicyclic amines) is 1. The second-order valence-corrected chi connectivity index (χ2v) is 5.75. The smallest absolute Gasteiger partial charge is 0.329 e. The highest BCUT2D eigenvalue weighted by atomic mass is 35.5. The van der Waals surface area contributed by atoms with Crippen LogP contribution in [-0.4, -0.2) is 35.6 Å². The first-order chi connectivity index (χ1) is 10.1. The molecular formula is C15H19ClF4N2O. The lowest BCUT2D eigenvalue weighted by Gasteiger charge is -2.42. The Labute approximate surface area is 138 Å². The van der Waals surface area contributed by atoms with E-state index in [4.69, 9.17) is 5.73 Å². The predicted molar refractivity (Wildman–Crippen MR) is 80.9 cm³/mol. The number of hydrogen-bond donors (Lipinski definition) is 1. The summed E-state index contributed by atoms with van der Waals surface area (Å²) >= 11 is 0. The number of halogens is 5. The van der Waals surface area contributed by atoms with Crippen LogP contribution in [0.1, 0.15) is 30.4 Å². The number of aryl methyl sites for hydroxylation is 1. The molecule has 8 heteroatoms. The fourth-order valence-electron chi connectivity index (χ4n) is 2.96. The van der Waals surface area contributed by atoms with Gasteiger partial charge in [-0.1, -0.05) is 18.2 Å². The molecule has 1 aliphatic rings. The highest BCUT2D eigenvalue weighted by molar-refractivity contribution is 5.85. The van der Waals surface area contributed by atoms with Gasteiger partial charge in [0, 0.05) is 12.0 Å². The van der Waals surface area contributed by atoms with Gasteiger partial charge in [0.2, 0.25) is 5.91 Å². The van der Waals surface area contributed by atoms with Crippen molar-refractivity contribution in [2.75, 3.05) is 6.54 Å². The summed E-state index contributed by atoms with van der Waals surface area (Å²) in [6, 6.07) is 2.95. The number of piperidine rings is 1. The van der Waals surface area contributed by atoms with Crippen LogP contribution in [0.4, 0.5) is 17.6 Å². The van der Waals surface area contributed by atoms with Gasteiger partial charge in [0.05, 0.1) is 6.04 Å². The molecule has 1 heterocycles. The molecular weight excluding hydrogens is 336 g/mol. The van der Waals surface area contributed by atoms with Gasteiger partial charge < -0.3 is 10.6 Å². The molecule has 2 N–H and O–H groups in total. The monoisotopic (exact) mass is 354 g/mol. The van der Waals surface area contributed by atoms with E-state index < -0.39 is 42.4 Å². The van der Waals surface area contributed by atoms with Crippen LogP contribution in [0.15, 0.2) is 18.2 Å². The Bertz CT molecular complexity index is 579. The van der Waals surface area contributed by atoms with E-state index in [-0.39, 0.29) is 18.8 Å². The molecule has 3 nitrogen and oxygen atoms in total. The molecule has 1 aliphatic heterocycles. The van der Waals surface area contributed by atoms with Crippen molar-refractivity contribution in [3.8, 4) is 0 Å². The van der Waals surface area contributed by atoms with Crippen molar-refractivity contribution in [1.82, 2.24) is 4.90 Å². The fourth-order valence-corrected chi connectivity index (χ4v) is 2.96. The SMILES string of the molecule is Cc1cccc([C@@H]2C[C@H](N)C(=O)N(CC(F)(F)F)[C@@H]2C)c1F.Cl. The van der Waals surface area contributed by atoms with Crippen molar-refractivity contribution < 1.29 is 22.4 Å². The summed E-state index contributed by atoms with van der Waals surface area (Å²) in [5, 5.41) is 0. The number of nitrogens with zero attached hydrogens (tertiary/aromatic N) is 1. The minimum Gasteiger partial charge on any atom is -0.329 e. The summed E-state index contributed by atoms with van der Waals surface area (Å²) in [5.41, 5.74) is 6.41. The van der Waals surface area contributed by atoms with Gasteiger partial charge in [-0.25, -0.2) is 4.39 Å². The minimum absolute atomic E-state index is 0. The number of benzene rings is 1. The maximum atomic E-state index is 14.3. The van der Waals surface area contributed by atoms with Crippen LogP contribution >= 0.6 is 12.4 Å². The molecule has 23 heavy (non-hydrogen) atoms. The number of carbonyl (C=O) groups excluding carboxylic acids is 1. The standard InChI is InChI=1S/C15H18F4N2O.ClH/c1-8-4-3-5-10(13(8)16)11-6-12(20)14(22)21(9(11)2)7-15(17,18)19;/h3-5,9,11-12H,6-7,20H2,1-2H3;1H/t9-,11-,12+;/m1./s1. The topological polar surface area (TPSA) is 46.3 Å². The summed E-state index contributed by atoms with van der Waals surface area (Å²) in [4.78, 5) is 12.7. The van der Waals surface area contributed by atoms with Gasteiger partial charge in [-0.2, -0.15) is 13.2 Å². The van der Waals surface area contributed by atoms with E-state index in [1.807, 2.05) is 0 Å². The second-order valence-electron chi connectivity index (χ2n) is 5.75. The Balaban J connectivity index is 0.00000264. The predicted octanol–water partition coefficient (Wildman–Crippen LogP) is 3.15. The van der Waals surface area contributed by atoms with Gasteiger partial charge in [0.15, 0.2) is 0 Å². The second kappa shape index (κ2) is 7.05. The zero-order chi connectivity index (χ0) is 16.7. The van der Waals surface area contributed by atoms with Crippen LogP contribution in [0.3, 0.4) is 0 Å². The largest absolute Gasteiger partial charge is 0.406 e. The van der Waals surface area contributed by atoms with Gasteiger partial charge >= 0.3 is 6.18 Å². The normalized spacial score (nSPS) is 25.3. The highest BCUT2D eigenvalue weighted by Crippen LogP contribution is 2.36. The average molecular weight is 355 g/mol. The first-order valence-electron chi connectivity index (χ1n) is 6.99. The summed E-state index contributed by atoms with van der Waals surface area (Å²) in [6.07, 6.45) is -4.38. The van der Waals surface area contributed by atoms with Crippen molar-refractivity contribution in [1.29, 1.82) is 0 Å². The number of alkyl halides is 3. The van der Waals surface area contributed by atoms with Crippen molar-refractivity contribution in [3.63, 3.8) is 0 Å². The molecule has 130 valence electrons. The Morgan fingerprint density at radius 1 is 1.35 bits per heavy atom. The molecule has 1 saturated heterocycles. The van der Waals surface area contributed by atoms with E-state index in [0.717, 1.165) is 0 Å². The number of hydrogen-bond acceptors (Lipinski definition) is 2. The Morgan fingerprint density at radius 3 is 2.52 bits per heavy atom. The van der Waals surface area contributed by atoms with E-state index in [2.05, 4.69) is 0 Å². The quantitative estimate of drug-likeness (QED) is 0.829. The zero-order valence-corrected chi connectivity index (χ0v) is 13.5. The molecule has 1 fully saturated rings. The molecule has 0 radical (unpaired) electrons. The van der Waals surface area contributed by atoms with Crippen LogP contribution in [0.25, 0.3) is 0 Å². The van der Waals surface area contributed by atoms with Crippen molar-refractivity contribution >= 4 is 18.3 Å². The van der Waals surface area contributed by atoms with E-state index >= 15 is 0 Å². The zero-order valence-electron chi connectivity index (χ0n) is 12.7. The molecule has 0 spiro atoms. The third-order valence-corrected chi connectivity index (χ3v) is 4.15. The number of nitrogens with two attached hydrogens (primary N) is 1. The molecule has 0 aliphatic carbocycles. The van der Waals surface area contributed by atoms with E-state index in [9.17, 15) is 22.4 Å². The molecule has 0 bridgehead atoms. The molecule has 0 saturated carbocycles. The summed E-state index contributed by atoms with van der Waals surface area (Å²) < 4.78 is 52.3. The maximum Gasteiger partial charge on any atom is 0.406 e. The average Bonchev–Trinajstić information content (AvgIpc) is 2.41. The summed E-state index contributed by atoms with van der Waals surface area (Å²) in [5.74, 6) is -1.75. The summed E-state index contributed by atoms with van der Waals surface area (Å²) in [6.45, 7) is 1.72. The van der Waals surface area contributed by atoms with Crippen LogP contribution in [0.2, 0.25) is 0 Å². The Hall–Kier alpha value is -1.34. The third kappa shape index (κ3) is 4.14. The molecule has 0 unspecified atom stereocenters. The molecule has 1 aromatic carbocycles. The molecule has 3 atom stereocenters. The maximum absolute atomic E-state index is 14.3. The van der Waals surface area contributed by atoms with Gasteiger partial charge in [-0.05, 0) is 31.4 Å².